The van der Waals surface area contributed by atoms with Gasteiger partial charge >= 0.3 is 6.18 Å². The van der Waals surface area contributed by atoms with Gasteiger partial charge in [-0.1, -0.05) is 0 Å². The van der Waals surface area contributed by atoms with Gasteiger partial charge in [-0.25, -0.2) is 13.6 Å². The SMILES string of the molecule is [C-]#[N+]c1c(F)ccc(-c2cc(C(F)(F)F)c(NC3C[C@@H]4CN(CC5CCOCC5)C[C@@H]4C3)nn2)c1F. The molecule has 0 bridgehead atoms. The number of anilines is 1. The van der Waals surface area contributed by atoms with Crippen LogP contribution >= 0.6 is 0 Å². The predicted molar refractivity (Wildman–Crippen MR) is 122 cm³/mol. The Balaban J connectivity index is 1.29. The standard InChI is InChI=1S/C25H26F5N5O/c1-31-23-20(26)3-2-18(22(23)27)21-10-19(25(28,29)30)24(34-33-21)32-17-8-15-12-35(13-16(15)9-17)11-14-4-6-36-7-5-14/h2-3,10,14-17H,4-9,11-13H2,(H,32,34)/t15-,16+,17?. The first kappa shape index (κ1) is 24.8. The number of nitrogens with zero attached hydrogens (tertiary/aromatic N) is 4. The van der Waals surface area contributed by atoms with Crippen LogP contribution in [0.1, 0.15) is 31.2 Å². The summed E-state index contributed by atoms with van der Waals surface area (Å²) in [6, 6.07) is 2.32. The number of alkyl halides is 3. The first-order valence-electron chi connectivity index (χ1n) is 12.1. The molecule has 2 saturated heterocycles. The summed E-state index contributed by atoms with van der Waals surface area (Å²) in [7, 11) is 0. The molecule has 11 heteroatoms. The van der Waals surface area contributed by atoms with Crippen molar-refractivity contribution in [2.45, 2.75) is 37.9 Å². The molecule has 3 aliphatic rings. The fraction of sp³-hybridized carbons (Fsp3) is 0.560. The molecule has 0 radical (unpaired) electrons. The monoisotopic (exact) mass is 507 g/mol. The van der Waals surface area contributed by atoms with Crippen LogP contribution in [0.3, 0.4) is 0 Å². The summed E-state index contributed by atoms with van der Waals surface area (Å²) in [5.74, 6) is -1.27. The highest BCUT2D eigenvalue weighted by molar-refractivity contribution is 5.68. The number of rotatable bonds is 5. The van der Waals surface area contributed by atoms with Gasteiger partial charge in [-0.3, -0.25) is 0 Å². The summed E-state index contributed by atoms with van der Waals surface area (Å²) < 4.78 is 75.4. The van der Waals surface area contributed by atoms with Crippen molar-refractivity contribution in [1.82, 2.24) is 15.1 Å². The first-order chi connectivity index (χ1) is 17.2. The average Bonchev–Trinajstić information content (AvgIpc) is 3.38. The molecule has 192 valence electrons. The van der Waals surface area contributed by atoms with Gasteiger partial charge in [-0.15, -0.1) is 10.2 Å². The third kappa shape index (κ3) is 5.02. The molecule has 5 rings (SSSR count). The van der Waals surface area contributed by atoms with E-state index in [0.29, 0.717) is 23.8 Å². The predicted octanol–water partition coefficient (Wildman–Crippen LogP) is 5.54. The molecule has 2 aromatic rings. The molecule has 1 N–H and O–H groups in total. The van der Waals surface area contributed by atoms with Gasteiger partial charge in [0.15, 0.2) is 5.82 Å². The van der Waals surface area contributed by atoms with Crippen molar-refractivity contribution < 1.29 is 26.7 Å². The maximum absolute atomic E-state index is 14.6. The Morgan fingerprint density at radius 3 is 2.42 bits per heavy atom. The van der Waals surface area contributed by atoms with E-state index in [1.807, 2.05) is 0 Å². The minimum atomic E-state index is -4.76. The van der Waals surface area contributed by atoms with Crippen LogP contribution in [-0.4, -0.2) is 54.0 Å². The molecule has 36 heavy (non-hydrogen) atoms. The second kappa shape index (κ2) is 9.90. The highest BCUT2D eigenvalue weighted by Crippen LogP contribution is 2.42. The summed E-state index contributed by atoms with van der Waals surface area (Å²) in [6.07, 6.45) is -1.12. The molecular weight excluding hydrogens is 481 g/mol. The first-order valence-corrected chi connectivity index (χ1v) is 12.1. The van der Waals surface area contributed by atoms with Crippen molar-refractivity contribution in [2.24, 2.45) is 17.8 Å². The van der Waals surface area contributed by atoms with Gasteiger partial charge in [-0.2, -0.15) is 13.2 Å². The van der Waals surface area contributed by atoms with E-state index in [-0.39, 0.29) is 6.04 Å². The maximum atomic E-state index is 14.6. The number of aromatic nitrogens is 2. The Morgan fingerprint density at radius 1 is 1.08 bits per heavy atom. The number of benzene rings is 1. The molecule has 6 nitrogen and oxygen atoms in total. The Labute approximate surface area is 205 Å². The largest absolute Gasteiger partial charge is 0.420 e. The van der Waals surface area contributed by atoms with Crippen LogP contribution in [0.4, 0.5) is 33.5 Å². The zero-order valence-electron chi connectivity index (χ0n) is 19.5. The lowest BCUT2D eigenvalue weighted by molar-refractivity contribution is -0.137. The van der Waals surface area contributed by atoms with E-state index >= 15 is 0 Å². The molecule has 3 atom stereocenters. The molecule has 3 fully saturated rings. The van der Waals surface area contributed by atoms with Crippen LogP contribution in [0.15, 0.2) is 18.2 Å². The maximum Gasteiger partial charge on any atom is 0.420 e. The topological polar surface area (TPSA) is 54.6 Å². The highest BCUT2D eigenvalue weighted by Gasteiger charge is 2.43. The van der Waals surface area contributed by atoms with Crippen LogP contribution in [0.5, 0.6) is 0 Å². The van der Waals surface area contributed by atoms with Crippen molar-refractivity contribution in [3.63, 3.8) is 0 Å². The molecule has 1 aliphatic carbocycles. The Morgan fingerprint density at radius 2 is 1.78 bits per heavy atom. The molecule has 0 spiro atoms. The third-order valence-corrected chi connectivity index (χ3v) is 7.58. The van der Waals surface area contributed by atoms with E-state index in [9.17, 15) is 22.0 Å². The number of nitrogens with one attached hydrogen (secondary N) is 1. The summed E-state index contributed by atoms with van der Waals surface area (Å²) in [5, 5.41) is 10.5. The van der Waals surface area contributed by atoms with Crippen molar-refractivity contribution in [2.75, 3.05) is 38.2 Å². The molecule has 1 aromatic carbocycles. The number of fused-ring (bicyclic) bond motifs is 1. The van der Waals surface area contributed by atoms with E-state index in [4.69, 9.17) is 11.3 Å². The van der Waals surface area contributed by atoms with Crippen LogP contribution in [-0.2, 0) is 10.9 Å². The van der Waals surface area contributed by atoms with Gasteiger partial charge in [0.05, 0.1) is 12.3 Å². The normalized spacial score (nSPS) is 25.1. The van der Waals surface area contributed by atoms with Crippen LogP contribution < -0.4 is 5.32 Å². The van der Waals surface area contributed by atoms with Crippen LogP contribution in [0.25, 0.3) is 16.1 Å². The van der Waals surface area contributed by atoms with Gasteiger partial charge in [0.1, 0.15) is 17.2 Å². The van der Waals surface area contributed by atoms with Crippen LogP contribution in [0, 0.1) is 36.0 Å². The van der Waals surface area contributed by atoms with Crippen molar-refractivity contribution in [3.05, 3.63) is 46.8 Å². The summed E-state index contributed by atoms with van der Waals surface area (Å²) in [5.41, 5.74) is -2.79. The molecule has 2 aliphatic heterocycles. The fourth-order valence-corrected chi connectivity index (χ4v) is 5.84. The average molecular weight is 508 g/mol. The minimum absolute atomic E-state index is 0.164. The van der Waals surface area contributed by atoms with Crippen molar-refractivity contribution >= 4 is 11.5 Å². The van der Waals surface area contributed by atoms with Gasteiger partial charge in [0.25, 0.3) is 5.69 Å². The van der Waals surface area contributed by atoms with E-state index in [2.05, 4.69) is 25.3 Å². The molecule has 1 aromatic heterocycles. The highest BCUT2D eigenvalue weighted by atomic mass is 19.4. The number of ether oxygens (including phenoxy) is 1. The summed E-state index contributed by atoms with van der Waals surface area (Å²) in [6.45, 7) is 11.5. The van der Waals surface area contributed by atoms with Gasteiger partial charge in [0.2, 0.25) is 0 Å². The second-order valence-corrected chi connectivity index (χ2v) is 9.97. The number of halogens is 5. The Kier molecular flexibility index (Phi) is 6.83. The van der Waals surface area contributed by atoms with Gasteiger partial charge in [0, 0.05) is 44.5 Å². The van der Waals surface area contributed by atoms with E-state index in [0.717, 1.165) is 70.7 Å². The fourth-order valence-electron chi connectivity index (χ4n) is 5.84. The second-order valence-electron chi connectivity index (χ2n) is 9.97. The Hall–Kier alpha value is -2.84. The zero-order chi connectivity index (χ0) is 25.4. The van der Waals surface area contributed by atoms with Gasteiger partial charge < -0.3 is 15.0 Å². The quantitative estimate of drug-likeness (QED) is 0.426. The van der Waals surface area contributed by atoms with Gasteiger partial charge in [-0.05, 0) is 61.6 Å². The smallest absolute Gasteiger partial charge is 0.381 e. The van der Waals surface area contributed by atoms with E-state index in [1.165, 1.54) is 0 Å². The molecule has 0 amide bonds. The molecular formula is C25H26F5N5O. The van der Waals surface area contributed by atoms with E-state index in [1.54, 1.807) is 0 Å². The summed E-state index contributed by atoms with van der Waals surface area (Å²) >= 11 is 0. The number of likely N-dealkylation sites (tertiary alicyclic amines) is 1. The van der Waals surface area contributed by atoms with E-state index < -0.39 is 46.1 Å². The van der Waals surface area contributed by atoms with Crippen molar-refractivity contribution in [1.29, 1.82) is 0 Å². The summed E-state index contributed by atoms with van der Waals surface area (Å²) in [4.78, 5) is 5.26. The lowest BCUT2D eigenvalue weighted by Gasteiger charge is -2.28. The minimum Gasteiger partial charge on any atom is -0.381 e. The lowest BCUT2D eigenvalue weighted by Crippen LogP contribution is -2.32. The Bertz CT molecular complexity index is 1150. The number of hydrogen-bond acceptors (Lipinski definition) is 5. The van der Waals surface area contributed by atoms with Crippen LogP contribution in [0.2, 0.25) is 0 Å². The number of hydrogen-bond donors (Lipinski definition) is 1. The molecule has 3 heterocycles. The molecule has 1 saturated carbocycles. The lowest BCUT2D eigenvalue weighted by atomic mass is 10.00. The zero-order valence-corrected chi connectivity index (χ0v) is 19.5. The van der Waals surface area contributed by atoms with Crippen molar-refractivity contribution in [3.8, 4) is 11.3 Å². The molecule has 1 unspecified atom stereocenters. The third-order valence-electron chi connectivity index (χ3n) is 7.58.